The Bertz CT molecular complexity index is 1830. The largest absolute Gasteiger partial charge is 0.309 e. The van der Waals surface area contributed by atoms with Gasteiger partial charge in [-0.2, -0.15) is 0 Å². The van der Waals surface area contributed by atoms with Gasteiger partial charge in [-0.3, -0.25) is 0 Å². The van der Waals surface area contributed by atoms with E-state index in [0.29, 0.717) is 0 Å². The number of rotatable bonds is 4. The van der Waals surface area contributed by atoms with E-state index in [1.54, 1.807) is 0 Å². The fourth-order valence-corrected chi connectivity index (χ4v) is 5.55. The maximum Gasteiger partial charge on any atom is 0.0624 e. The standard InChI is InChI=1S/C36H25N/c1-3-15-29(16-4-1)37(30-17-5-2-6-18-30)36-34-22-12-10-20-32(34)31-19-9-11-21-33(31)35(36)28-24-23-26-13-7-8-14-27(26)25-28/h1-25H. The molecule has 0 spiro atoms. The third kappa shape index (κ3) is 3.64. The molecule has 0 atom stereocenters. The molecule has 7 aromatic rings. The minimum absolute atomic E-state index is 1.14. The zero-order valence-electron chi connectivity index (χ0n) is 20.4. The van der Waals surface area contributed by atoms with E-state index in [0.717, 1.165) is 11.4 Å². The average molecular weight is 472 g/mol. The van der Waals surface area contributed by atoms with Crippen molar-refractivity contribution >= 4 is 49.4 Å². The molecule has 174 valence electrons. The molecule has 0 aliphatic carbocycles. The van der Waals surface area contributed by atoms with Crippen LogP contribution in [0.1, 0.15) is 0 Å². The van der Waals surface area contributed by atoms with Gasteiger partial charge in [0.05, 0.1) is 5.69 Å². The monoisotopic (exact) mass is 471 g/mol. The molecule has 1 heteroatoms. The molecular weight excluding hydrogens is 446 g/mol. The number of hydrogen-bond acceptors (Lipinski definition) is 1. The highest BCUT2D eigenvalue weighted by Crippen LogP contribution is 2.49. The summed E-state index contributed by atoms with van der Waals surface area (Å²) < 4.78 is 0. The van der Waals surface area contributed by atoms with Crippen molar-refractivity contribution in [3.8, 4) is 11.1 Å². The molecule has 0 saturated carbocycles. The summed E-state index contributed by atoms with van der Waals surface area (Å²) in [5.74, 6) is 0. The molecule has 7 rings (SSSR count). The molecule has 0 bridgehead atoms. The molecule has 1 nitrogen and oxygen atoms in total. The Morgan fingerprint density at radius 1 is 0.351 bits per heavy atom. The van der Waals surface area contributed by atoms with Gasteiger partial charge in [0.1, 0.15) is 0 Å². The molecule has 37 heavy (non-hydrogen) atoms. The van der Waals surface area contributed by atoms with Gasteiger partial charge in [-0.05, 0) is 62.8 Å². The van der Waals surface area contributed by atoms with Gasteiger partial charge in [0.15, 0.2) is 0 Å². The third-order valence-corrected chi connectivity index (χ3v) is 7.20. The van der Waals surface area contributed by atoms with Crippen LogP contribution in [0, 0.1) is 0 Å². The summed E-state index contributed by atoms with van der Waals surface area (Å²) >= 11 is 0. The van der Waals surface area contributed by atoms with Crippen LogP contribution in [0.4, 0.5) is 17.1 Å². The second-order valence-corrected chi connectivity index (χ2v) is 9.38. The molecular formula is C36H25N. The quantitative estimate of drug-likeness (QED) is 0.231. The first kappa shape index (κ1) is 21.4. The molecule has 0 aliphatic heterocycles. The number of benzene rings is 7. The number of para-hydroxylation sites is 2. The van der Waals surface area contributed by atoms with Crippen molar-refractivity contribution in [3.63, 3.8) is 0 Å². The number of nitrogens with zero attached hydrogens (tertiary/aromatic N) is 1. The van der Waals surface area contributed by atoms with Gasteiger partial charge in [-0.15, -0.1) is 0 Å². The lowest BCUT2D eigenvalue weighted by atomic mass is 9.89. The Morgan fingerprint density at radius 3 is 1.49 bits per heavy atom. The van der Waals surface area contributed by atoms with Crippen molar-refractivity contribution in [2.24, 2.45) is 0 Å². The van der Waals surface area contributed by atoms with E-state index in [-0.39, 0.29) is 0 Å². The van der Waals surface area contributed by atoms with Crippen LogP contribution < -0.4 is 4.90 Å². The second-order valence-electron chi connectivity index (χ2n) is 9.38. The van der Waals surface area contributed by atoms with Crippen molar-refractivity contribution < 1.29 is 0 Å². The number of anilines is 3. The lowest BCUT2D eigenvalue weighted by molar-refractivity contribution is 1.30. The fraction of sp³-hybridized carbons (Fsp3) is 0. The maximum absolute atomic E-state index is 2.42. The van der Waals surface area contributed by atoms with Crippen molar-refractivity contribution in [1.29, 1.82) is 0 Å². The first-order valence-electron chi connectivity index (χ1n) is 12.7. The first-order chi connectivity index (χ1) is 18.4. The van der Waals surface area contributed by atoms with E-state index in [9.17, 15) is 0 Å². The average Bonchev–Trinajstić information content (AvgIpc) is 2.98. The summed E-state index contributed by atoms with van der Waals surface area (Å²) in [6, 6.07) is 54.5. The highest BCUT2D eigenvalue weighted by Gasteiger charge is 2.23. The minimum Gasteiger partial charge on any atom is -0.309 e. The summed E-state index contributed by atoms with van der Waals surface area (Å²) in [7, 11) is 0. The van der Waals surface area contributed by atoms with Gasteiger partial charge in [0.25, 0.3) is 0 Å². The number of hydrogen-bond donors (Lipinski definition) is 0. The van der Waals surface area contributed by atoms with E-state index in [1.165, 1.54) is 49.1 Å². The Morgan fingerprint density at radius 2 is 0.838 bits per heavy atom. The predicted molar refractivity (Wildman–Crippen MR) is 159 cm³/mol. The van der Waals surface area contributed by atoms with E-state index in [4.69, 9.17) is 0 Å². The van der Waals surface area contributed by atoms with Gasteiger partial charge >= 0.3 is 0 Å². The molecule has 0 N–H and O–H groups in total. The van der Waals surface area contributed by atoms with Crippen LogP contribution in [-0.4, -0.2) is 0 Å². The highest BCUT2D eigenvalue weighted by atomic mass is 15.1. The molecule has 0 unspecified atom stereocenters. The minimum atomic E-state index is 1.14. The lowest BCUT2D eigenvalue weighted by Gasteiger charge is -2.30. The predicted octanol–water partition coefficient (Wildman–Crippen LogP) is 10.3. The molecule has 0 amide bonds. The van der Waals surface area contributed by atoms with Crippen LogP contribution in [0.15, 0.2) is 152 Å². The van der Waals surface area contributed by atoms with Crippen LogP contribution in [-0.2, 0) is 0 Å². The molecule has 0 aromatic heterocycles. The number of fused-ring (bicyclic) bond motifs is 4. The Hall–Kier alpha value is -4.88. The van der Waals surface area contributed by atoms with Gasteiger partial charge in [0, 0.05) is 22.3 Å². The fourth-order valence-electron chi connectivity index (χ4n) is 5.55. The zero-order valence-corrected chi connectivity index (χ0v) is 20.4. The van der Waals surface area contributed by atoms with Crippen LogP contribution >= 0.6 is 0 Å². The van der Waals surface area contributed by atoms with Crippen LogP contribution in [0.25, 0.3) is 43.4 Å². The van der Waals surface area contributed by atoms with Crippen LogP contribution in [0.3, 0.4) is 0 Å². The molecule has 0 radical (unpaired) electrons. The maximum atomic E-state index is 2.42. The van der Waals surface area contributed by atoms with Crippen molar-refractivity contribution in [2.45, 2.75) is 0 Å². The van der Waals surface area contributed by atoms with E-state index < -0.39 is 0 Å². The van der Waals surface area contributed by atoms with E-state index >= 15 is 0 Å². The first-order valence-corrected chi connectivity index (χ1v) is 12.7. The lowest BCUT2D eigenvalue weighted by Crippen LogP contribution is -2.12. The van der Waals surface area contributed by atoms with Gasteiger partial charge < -0.3 is 4.90 Å². The van der Waals surface area contributed by atoms with Gasteiger partial charge in [-0.25, -0.2) is 0 Å². The third-order valence-electron chi connectivity index (χ3n) is 7.20. The van der Waals surface area contributed by atoms with Gasteiger partial charge in [0.2, 0.25) is 0 Å². The summed E-state index contributed by atoms with van der Waals surface area (Å²) in [4.78, 5) is 2.42. The van der Waals surface area contributed by atoms with Crippen molar-refractivity contribution in [1.82, 2.24) is 0 Å². The summed E-state index contributed by atoms with van der Waals surface area (Å²) in [6.07, 6.45) is 0. The van der Waals surface area contributed by atoms with E-state index in [2.05, 4.69) is 157 Å². The topological polar surface area (TPSA) is 3.24 Å². The van der Waals surface area contributed by atoms with Crippen molar-refractivity contribution in [2.75, 3.05) is 4.90 Å². The molecule has 7 aromatic carbocycles. The van der Waals surface area contributed by atoms with E-state index in [1.807, 2.05) is 0 Å². The molecule has 0 heterocycles. The zero-order chi connectivity index (χ0) is 24.6. The van der Waals surface area contributed by atoms with Crippen LogP contribution in [0.2, 0.25) is 0 Å². The Kier molecular flexibility index (Phi) is 5.19. The normalized spacial score (nSPS) is 11.2. The highest BCUT2D eigenvalue weighted by molar-refractivity contribution is 6.22. The Balaban J connectivity index is 1.68. The summed E-state index contributed by atoms with van der Waals surface area (Å²) in [6.45, 7) is 0. The van der Waals surface area contributed by atoms with Crippen molar-refractivity contribution in [3.05, 3.63) is 152 Å². The summed E-state index contributed by atoms with van der Waals surface area (Å²) in [5.41, 5.74) is 5.93. The molecule has 0 saturated heterocycles. The van der Waals surface area contributed by atoms with Crippen LogP contribution in [0.5, 0.6) is 0 Å². The molecule has 0 fully saturated rings. The van der Waals surface area contributed by atoms with Gasteiger partial charge in [-0.1, -0.05) is 121 Å². The molecule has 0 aliphatic rings. The SMILES string of the molecule is c1ccc(N(c2ccccc2)c2c(-c3ccc4ccccc4c3)c3ccccc3c3ccccc23)cc1. The Labute approximate surface area is 216 Å². The second kappa shape index (κ2) is 8.96. The smallest absolute Gasteiger partial charge is 0.0624 e. The summed E-state index contributed by atoms with van der Waals surface area (Å²) in [5, 5.41) is 7.51.